The number of ether oxygens (including phenoxy) is 1. The molecule has 6 heteroatoms. The predicted octanol–water partition coefficient (Wildman–Crippen LogP) is 3.24. The van der Waals surface area contributed by atoms with E-state index in [0.29, 0.717) is 25.6 Å². The normalized spacial score (nSPS) is 11.7. The highest BCUT2D eigenvalue weighted by Crippen LogP contribution is 2.23. The molecule has 2 aromatic carbocycles. The van der Waals surface area contributed by atoms with E-state index in [9.17, 15) is 4.79 Å². The van der Waals surface area contributed by atoms with E-state index in [1.807, 2.05) is 82.3 Å². The van der Waals surface area contributed by atoms with Gasteiger partial charge in [-0.1, -0.05) is 48.5 Å². The van der Waals surface area contributed by atoms with Gasteiger partial charge in [-0.3, -0.25) is 4.79 Å². The second-order valence-electron chi connectivity index (χ2n) is 7.63. The molecular formula is C23H32N4O2. The molecule has 0 saturated carbocycles. The van der Waals surface area contributed by atoms with Crippen molar-refractivity contribution in [3.05, 3.63) is 65.7 Å². The molecular weight excluding hydrogens is 364 g/mol. The van der Waals surface area contributed by atoms with E-state index in [2.05, 4.69) is 20.9 Å². The van der Waals surface area contributed by atoms with Crippen LogP contribution in [0.4, 0.5) is 0 Å². The van der Waals surface area contributed by atoms with Gasteiger partial charge in [-0.15, -0.1) is 0 Å². The van der Waals surface area contributed by atoms with Crippen LogP contribution in [0, 0.1) is 0 Å². The first-order valence-electron chi connectivity index (χ1n) is 9.97. The molecule has 0 unspecified atom stereocenters. The third kappa shape index (κ3) is 8.68. The molecule has 156 valence electrons. The molecule has 0 aliphatic carbocycles. The molecule has 0 spiro atoms. The lowest BCUT2D eigenvalue weighted by Crippen LogP contribution is -2.43. The van der Waals surface area contributed by atoms with Gasteiger partial charge in [0.05, 0.1) is 13.1 Å². The van der Waals surface area contributed by atoms with E-state index in [4.69, 9.17) is 4.74 Å². The number of aliphatic imine (C=N–C) groups is 1. The number of benzene rings is 2. The van der Waals surface area contributed by atoms with Crippen molar-refractivity contribution in [1.29, 1.82) is 0 Å². The van der Waals surface area contributed by atoms with Crippen molar-refractivity contribution in [3.8, 4) is 5.75 Å². The number of nitrogens with one attached hydrogen (secondary N) is 3. The van der Waals surface area contributed by atoms with Crippen LogP contribution in [0.25, 0.3) is 0 Å². The summed E-state index contributed by atoms with van der Waals surface area (Å²) in [4.78, 5) is 16.7. The van der Waals surface area contributed by atoms with Crippen molar-refractivity contribution in [2.45, 2.75) is 46.4 Å². The van der Waals surface area contributed by atoms with Crippen LogP contribution < -0.4 is 20.7 Å². The Balaban J connectivity index is 1.92. The molecule has 0 heterocycles. The van der Waals surface area contributed by atoms with Gasteiger partial charge in [0.25, 0.3) is 0 Å². The average Bonchev–Trinajstić information content (AvgIpc) is 2.69. The summed E-state index contributed by atoms with van der Waals surface area (Å²) in [6.07, 6.45) is 0. The summed E-state index contributed by atoms with van der Waals surface area (Å²) < 4.78 is 6.02. The van der Waals surface area contributed by atoms with E-state index in [-0.39, 0.29) is 18.1 Å². The summed E-state index contributed by atoms with van der Waals surface area (Å²) in [5.74, 6) is 1.32. The first-order valence-corrected chi connectivity index (χ1v) is 9.97. The van der Waals surface area contributed by atoms with Crippen molar-refractivity contribution in [2.75, 3.05) is 13.1 Å². The topological polar surface area (TPSA) is 74.8 Å². The van der Waals surface area contributed by atoms with E-state index < -0.39 is 0 Å². The van der Waals surface area contributed by atoms with Crippen LogP contribution in [0.1, 0.15) is 38.8 Å². The minimum Gasteiger partial charge on any atom is -0.488 e. The van der Waals surface area contributed by atoms with Crippen LogP contribution in [0.5, 0.6) is 5.75 Å². The molecule has 0 aromatic heterocycles. The Morgan fingerprint density at radius 1 is 0.966 bits per heavy atom. The number of para-hydroxylation sites is 1. The number of carbonyl (C=O) groups excluding carboxylic acids is 1. The van der Waals surface area contributed by atoms with Gasteiger partial charge in [-0.05, 0) is 39.3 Å². The van der Waals surface area contributed by atoms with E-state index in [0.717, 1.165) is 16.9 Å². The zero-order chi connectivity index (χ0) is 21.1. The molecule has 0 saturated heterocycles. The zero-order valence-corrected chi connectivity index (χ0v) is 17.8. The second-order valence-corrected chi connectivity index (χ2v) is 7.63. The minimum absolute atomic E-state index is 0.0871. The fourth-order valence-corrected chi connectivity index (χ4v) is 2.59. The van der Waals surface area contributed by atoms with Crippen LogP contribution in [-0.2, 0) is 17.9 Å². The number of guanidine groups is 1. The summed E-state index contributed by atoms with van der Waals surface area (Å²) in [5.41, 5.74) is 1.78. The first-order chi connectivity index (χ1) is 13.9. The van der Waals surface area contributed by atoms with Gasteiger partial charge in [-0.2, -0.15) is 0 Å². The van der Waals surface area contributed by atoms with Crippen LogP contribution in [0.3, 0.4) is 0 Å². The van der Waals surface area contributed by atoms with Crippen molar-refractivity contribution in [1.82, 2.24) is 16.0 Å². The van der Waals surface area contributed by atoms with E-state index in [1.54, 1.807) is 0 Å². The molecule has 3 N–H and O–H groups in total. The lowest BCUT2D eigenvalue weighted by molar-refractivity contribution is -0.120. The van der Waals surface area contributed by atoms with Gasteiger partial charge in [0, 0.05) is 18.7 Å². The van der Waals surface area contributed by atoms with Gasteiger partial charge < -0.3 is 20.7 Å². The average molecular weight is 397 g/mol. The van der Waals surface area contributed by atoms with Gasteiger partial charge in [-0.25, -0.2) is 4.99 Å². The molecule has 2 rings (SSSR count). The lowest BCUT2D eigenvalue weighted by Gasteiger charge is -2.23. The number of amides is 1. The highest BCUT2D eigenvalue weighted by atomic mass is 16.5. The van der Waals surface area contributed by atoms with Crippen LogP contribution >= 0.6 is 0 Å². The molecule has 0 radical (unpaired) electrons. The minimum atomic E-state index is -0.278. The van der Waals surface area contributed by atoms with Crippen molar-refractivity contribution in [2.24, 2.45) is 4.99 Å². The molecule has 29 heavy (non-hydrogen) atoms. The number of hydrogen-bond donors (Lipinski definition) is 3. The van der Waals surface area contributed by atoms with E-state index in [1.165, 1.54) is 0 Å². The molecule has 0 bridgehead atoms. The number of rotatable bonds is 8. The van der Waals surface area contributed by atoms with Gasteiger partial charge in [0.1, 0.15) is 11.4 Å². The molecule has 6 nitrogen and oxygen atoms in total. The van der Waals surface area contributed by atoms with Gasteiger partial charge >= 0.3 is 0 Å². The number of carbonyl (C=O) groups is 1. The highest BCUT2D eigenvalue weighted by Gasteiger charge is 2.14. The van der Waals surface area contributed by atoms with Crippen LogP contribution in [0.2, 0.25) is 0 Å². The quantitative estimate of drug-likeness (QED) is 0.473. The van der Waals surface area contributed by atoms with E-state index >= 15 is 0 Å². The maximum absolute atomic E-state index is 12.1. The first kappa shape index (κ1) is 22.3. The Hall–Kier alpha value is -3.02. The molecule has 0 fully saturated rings. The van der Waals surface area contributed by atoms with Gasteiger partial charge in [0.15, 0.2) is 5.96 Å². The lowest BCUT2D eigenvalue weighted by atomic mass is 10.1. The Labute approximate surface area is 173 Å². The Kier molecular flexibility index (Phi) is 8.52. The molecule has 0 atom stereocenters. The number of nitrogens with zero attached hydrogens (tertiary/aromatic N) is 1. The molecule has 1 amide bonds. The maximum Gasteiger partial charge on any atom is 0.239 e. The molecule has 2 aromatic rings. The monoisotopic (exact) mass is 396 g/mol. The fraction of sp³-hybridized carbons (Fsp3) is 0.391. The maximum atomic E-state index is 12.1. The summed E-state index contributed by atoms with van der Waals surface area (Å²) in [5, 5.41) is 9.15. The largest absolute Gasteiger partial charge is 0.488 e. The highest BCUT2D eigenvalue weighted by molar-refractivity contribution is 5.86. The smallest absolute Gasteiger partial charge is 0.239 e. The SMILES string of the molecule is CCNC(=NCc1ccccc1OC(C)(C)C)NCC(=O)NCc1ccccc1. The van der Waals surface area contributed by atoms with Crippen LogP contribution in [0.15, 0.2) is 59.6 Å². The van der Waals surface area contributed by atoms with Crippen molar-refractivity contribution >= 4 is 11.9 Å². The fourth-order valence-electron chi connectivity index (χ4n) is 2.59. The summed E-state index contributed by atoms with van der Waals surface area (Å²) >= 11 is 0. The third-order valence-corrected chi connectivity index (χ3v) is 3.89. The standard InChI is InChI=1S/C23H32N4O2/c1-5-24-22(27-17-21(28)25-15-18-11-7-6-8-12-18)26-16-19-13-9-10-14-20(19)29-23(2,3)4/h6-14H,5,15-17H2,1-4H3,(H,25,28)(H2,24,26,27). The zero-order valence-electron chi connectivity index (χ0n) is 17.8. The number of hydrogen-bond acceptors (Lipinski definition) is 3. The summed E-state index contributed by atoms with van der Waals surface area (Å²) in [6, 6.07) is 17.7. The third-order valence-electron chi connectivity index (χ3n) is 3.89. The summed E-state index contributed by atoms with van der Waals surface area (Å²) in [7, 11) is 0. The van der Waals surface area contributed by atoms with Crippen LogP contribution in [-0.4, -0.2) is 30.6 Å². The van der Waals surface area contributed by atoms with Gasteiger partial charge in [0.2, 0.25) is 5.91 Å². The Morgan fingerprint density at radius 3 is 2.34 bits per heavy atom. The van der Waals surface area contributed by atoms with Crippen molar-refractivity contribution in [3.63, 3.8) is 0 Å². The Morgan fingerprint density at radius 2 is 1.66 bits per heavy atom. The predicted molar refractivity (Wildman–Crippen MR) is 118 cm³/mol. The summed E-state index contributed by atoms with van der Waals surface area (Å²) in [6.45, 7) is 9.87. The second kappa shape index (κ2) is 11.1. The molecule has 0 aliphatic heterocycles. The Bertz CT molecular complexity index is 798. The van der Waals surface area contributed by atoms with Crippen molar-refractivity contribution < 1.29 is 9.53 Å². The molecule has 0 aliphatic rings.